The number of imidazole rings is 1. The van der Waals surface area contributed by atoms with Crippen molar-refractivity contribution >= 4 is 33.4 Å². The van der Waals surface area contributed by atoms with Crippen molar-refractivity contribution in [2.75, 3.05) is 11.9 Å². The lowest BCUT2D eigenvalue weighted by Gasteiger charge is -2.02. The molecule has 3 aromatic rings. The number of nitrogens with zero attached hydrogens (tertiary/aromatic N) is 3. The Hall–Kier alpha value is -2.32. The molecular formula is C15H15N5O2S. The number of hydrogen-bond donors (Lipinski definition) is 2. The van der Waals surface area contributed by atoms with Crippen molar-refractivity contribution in [1.29, 1.82) is 0 Å². The Morgan fingerprint density at radius 1 is 1.43 bits per heavy atom. The normalized spacial score (nSPS) is 17.7. The molecule has 1 aromatic carbocycles. The van der Waals surface area contributed by atoms with E-state index in [4.69, 9.17) is 4.74 Å². The molecule has 0 radical (unpaired) electrons. The summed E-state index contributed by atoms with van der Waals surface area (Å²) in [5.41, 5.74) is 2.23. The highest BCUT2D eigenvalue weighted by atomic mass is 32.1. The topological polar surface area (TPSA) is 92.8 Å². The van der Waals surface area contributed by atoms with Crippen LogP contribution in [0, 0.1) is 6.92 Å². The average molecular weight is 329 g/mol. The molecule has 3 heterocycles. The second-order valence-electron chi connectivity index (χ2n) is 5.46. The summed E-state index contributed by atoms with van der Waals surface area (Å²) in [5.74, 6) is 0.608. The molecule has 2 aromatic heterocycles. The highest BCUT2D eigenvalue weighted by molar-refractivity contribution is 7.15. The molecule has 1 aliphatic rings. The first kappa shape index (κ1) is 14.3. The lowest BCUT2D eigenvalue weighted by atomic mass is 10.2. The zero-order chi connectivity index (χ0) is 15.8. The third-order valence-corrected chi connectivity index (χ3v) is 4.66. The number of fused-ring (bicyclic) bond motifs is 1. The Labute approximate surface area is 136 Å². The van der Waals surface area contributed by atoms with Crippen LogP contribution < -0.4 is 5.32 Å². The molecule has 1 saturated heterocycles. The molecule has 8 heteroatoms. The van der Waals surface area contributed by atoms with Gasteiger partial charge in [0, 0.05) is 12.2 Å². The number of amides is 1. The van der Waals surface area contributed by atoms with Gasteiger partial charge in [-0.25, -0.2) is 4.98 Å². The first-order chi connectivity index (χ1) is 11.2. The van der Waals surface area contributed by atoms with E-state index in [1.165, 1.54) is 11.3 Å². The van der Waals surface area contributed by atoms with Crippen molar-refractivity contribution in [3.8, 4) is 0 Å². The maximum atomic E-state index is 12.4. The van der Waals surface area contributed by atoms with Crippen molar-refractivity contribution in [3.05, 3.63) is 34.6 Å². The van der Waals surface area contributed by atoms with E-state index < -0.39 is 0 Å². The highest BCUT2D eigenvalue weighted by Crippen LogP contribution is 2.32. The zero-order valence-corrected chi connectivity index (χ0v) is 13.3. The Morgan fingerprint density at radius 3 is 3.17 bits per heavy atom. The first-order valence-electron chi connectivity index (χ1n) is 7.42. The summed E-state index contributed by atoms with van der Waals surface area (Å²) in [6.07, 6.45) is 2.01. The molecule has 4 rings (SSSR count). The fourth-order valence-corrected chi connectivity index (χ4v) is 3.46. The SMILES string of the molecule is Cc1nc2ccc(C(=O)Nc3nnc(C4CCCO4)s3)cc2[nH]1. The largest absolute Gasteiger partial charge is 0.371 e. The molecule has 1 amide bonds. The van der Waals surface area contributed by atoms with Gasteiger partial charge in [0.1, 0.15) is 16.9 Å². The van der Waals surface area contributed by atoms with E-state index in [1.54, 1.807) is 12.1 Å². The number of carbonyl (C=O) groups excluding carboxylic acids is 1. The Balaban J connectivity index is 1.51. The van der Waals surface area contributed by atoms with Gasteiger partial charge in [0.2, 0.25) is 5.13 Å². The summed E-state index contributed by atoms with van der Waals surface area (Å²) in [7, 11) is 0. The first-order valence-corrected chi connectivity index (χ1v) is 8.23. The molecule has 0 spiro atoms. The van der Waals surface area contributed by atoms with Crippen molar-refractivity contribution in [2.45, 2.75) is 25.9 Å². The van der Waals surface area contributed by atoms with Crippen LogP contribution in [0.25, 0.3) is 11.0 Å². The van der Waals surface area contributed by atoms with Crippen LogP contribution in [0.2, 0.25) is 0 Å². The van der Waals surface area contributed by atoms with Gasteiger partial charge in [0.25, 0.3) is 5.91 Å². The van der Waals surface area contributed by atoms with Gasteiger partial charge >= 0.3 is 0 Å². The van der Waals surface area contributed by atoms with Gasteiger partial charge in [-0.3, -0.25) is 10.1 Å². The minimum Gasteiger partial charge on any atom is -0.371 e. The maximum absolute atomic E-state index is 12.4. The van der Waals surface area contributed by atoms with Gasteiger partial charge in [-0.05, 0) is 38.0 Å². The number of ether oxygens (including phenoxy) is 1. The summed E-state index contributed by atoms with van der Waals surface area (Å²) >= 11 is 1.36. The van der Waals surface area contributed by atoms with Crippen LogP contribution >= 0.6 is 11.3 Å². The van der Waals surface area contributed by atoms with Gasteiger partial charge in [-0.2, -0.15) is 0 Å². The molecule has 1 unspecified atom stereocenters. The molecule has 1 aliphatic heterocycles. The molecule has 1 atom stereocenters. The lowest BCUT2D eigenvalue weighted by Crippen LogP contribution is -2.11. The van der Waals surface area contributed by atoms with Crippen LogP contribution in [0.3, 0.4) is 0 Å². The maximum Gasteiger partial charge on any atom is 0.257 e. The standard InChI is InChI=1S/C15H15N5O2S/c1-8-16-10-5-4-9(7-11(10)17-8)13(21)18-15-20-19-14(23-15)12-3-2-6-22-12/h4-5,7,12H,2-3,6H2,1H3,(H,16,17)(H,18,20,21). The van der Waals surface area contributed by atoms with E-state index in [2.05, 4.69) is 25.5 Å². The van der Waals surface area contributed by atoms with Crippen LogP contribution in [0.5, 0.6) is 0 Å². The molecule has 0 aliphatic carbocycles. The van der Waals surface area contributed by atoms with Crippen LogP contribution in [0.15, 0.2) is 18.2 Å². The fraction of sp³-hybridized carbons (Fsp3) is 0.333. The van der Waals surface area contributed by atoms with E-state index >= 15 is 0 Å². The molecule has 7 nitrogen and oxygen atoms in total. The molecule has 23 heavy (non-hydrogen) atoms. The van der Waals surface area contributed by atoms with Gasteiger partial charge in [0.05, 0.1) is 11.0 Å². The third kappa shape index (κ3) is 2.82. The van der Waals surface area contributed by atoms with Crippen LogP contribution in [0.1, 0.15) is 40.1 Å². The van der Waals surface area contributed by atoms with E-state index in [9.17, 15) is 4.79 Å². The average Bonchev–Trinajstić information content (AvgIpc) is 3.25. The summed E-state index contributed by atoms with van der Waals surface area (Å²) in [5, 5.41) is 12.2. The fourth-order valence-electron chi connectivity index (χ4n) is 2.64. The van der Waals surface area contributed by atoms with Gasteiger partial charge in [-0.15, -0.1) is 10.2 Å². The summed E-state index contributed by atoms with van der Waals surface area (Å²) in [6, 6.07) is 5.36. The van der Waals surface area contributed by atoms with E-state index in [0.717, 1.165) is 41.3 Å². The smallest absolute Gasteiger partial charge is 0.257 e. The minimum atomic E-state index is -0.214. The molecular weight excluding hydrogens is 314 g/mol. The van der Waals surface area contributed by atoms with Gasteiger partial charge in [0.15, 0.2) is 0 Å². The number of aryl methyl sites for hydroxylation is 1. The predicted molar refractivity (Wildman–Crippen MR) is 86.6 cm³/mol. The second-order valence-corrected chi connectivity index (χ2v) is 6.46. The van der Waals surface area contributed by atoms with Gasteiger partial charge < -0.3 is 9.72 Å². The number of aromatic amines is 1. The molecule has 118 valence electrons. The molecule has 2 N–H and O–H groups in total. The lowest BCUT2D eigenvalue weighted by molar-refractivity contribution is 0.102. The minimum absolute atomic E-state index is 0.0162. The van der Waals surface area contributed by atoms with E-state index in [1.807, 2.05) is 13.0 Å². The number of anilines is 1. The number of nitrogens with one attached hydrogen (secondary N) is 2. The van der Waals surface area contributed by atoms with E-state index in [-0.39, 0.29) is 12.0 Å². The van der Waals surface area contributed by atoms with Crippen LogP contribution in [0.4, 0.5) is 5.13 Å². The van der Waals surface area contributed by atoms with Crippen LogP contribution in [-0.2, 0) is 4.74 Å². The molecule has 0 saturated carbocycles. The third-order valence-electron chi connectivity index (χ3n) is 3.73. The monoisotopic (exact) mass is 329 g/mol. The molecule has 0 bridgehead atoms. The summed E-state index contributed by atoms with van der Waals surface area (Å²) in [6.45, 7) is 2.64. The quantitative estimate of drug-likeness (QED) is 0.771. The number of H-pyrrole nitrogens is 1. The highest BCUT2D eigenvalue weighted by Gasteiger charge is 2.22. The Bertz CT molecular complexity index is 866. The Morgan fingerprint density at radius 2 is 2.35 bits per heavy atom. The van der Waals surface area contributed by atoms with E-state index in [0.29, 0.717) is 10.7 Å². The zero-order valence-electron chi connectivity index (χ0n) is 12.5. The number of benzene rings is 1. The Kier molecular flexibility index (Phi) is 3.55. The second kappa shape index (κ2) is 5.71. The number of aromatic nitrogens is 4. The van der Waals surface area contributed by atoms with Crippen molar-refractivity contribution < 1.29 is 9.53 Å². The predicted octanol–water partition coefficient (Wildman–Crippen LogP) is 2.83. The summed E-state index contributed by atoms with van der Waals surface area (Å²) < 4.78 is 5.58. The van der Waals surface area contributed by atoms with Crippen molar-refractivity contribution in [3.63, 3.8) is 0 Å². The van der Waals surface area contributed by atoms with Crippen molar-refractivity contribution in [2.24, 2.45) is 0 Å². The summed E-state index contributed by atoms with van der Waals surface area (Å²) in [4.78, 5) is 19.8. The number of carbonyl (C=O) groups is 1. The number of hydrogen-bond acceptors (Lipinski definition) is 6. The van der Waals surface area contributed by atoms with Crippen LogP contribution in [-0.4, -0.2) is 32.7 Å². The number of rotatable bonds is 3. The van der Waals surface area contributed by atoms with Crippen molar-refractivity contribution in [1.82, 2.24) is 20.2 Å². The molecule has 1 fully saturated rings. The van der Waals surface area contributed by atoms with Gasteiger partial charge in [-0.1, -0.05) is 11.3 Å².